The fraction of sp³-hybridized carbons (Fsp3) is 0.278. The Kier molecular flexibility index (Phi) is 5.07. The Balaban J connectivity index is 2.04. The van der Waals surface area contributed by atoms with Crippen molar-refractivity contribution >= 4 is 23.4 Å². The molecule has 2 nitrogen and oxygen atoms in total. The highest BCUT2D eigenvalue weighted by atomic mass is 32.2. The van der Waals surface area contributed by atoms with E-state index < -0.39 is 0 Å². The molecule has 21 heavy (non-hydrogen) atoms. The molecule has 0 saturated heterocycles. The molecule has 3 heteroatoms. The van der Waals surface area contributed by atoms with E-state index in [0.29, 0.717) is 0 Å². The number of aryl methyl sites for hydroxylation is 3. The molecular formula is C18H21NOS. The Hall–Kier alpha value is -1.74. The zero-order chi connectivity index (χ0) is 15.4. The summed E-state index contributed by atoms with van der Waals surface area (Å²) in [7, 11) is 0. The van der Waals surface area contributed by atoms with Crippen molar-refractivity contribution in [2.24, 2.45) is 0 Å². The summed E-state index contributed by atoms with van der Waals surface area (Å²) in [6.45, 7) is 8.03. The molecule has 0 radical (unpaired) electrons. The summed E-state index contributed by atoms with van der Waals surface area (Å²) in [5, 5.41) is 2.92. The molecule has 0 spiro atoms. The summed E-state index contributed by atoms with van der Waals surface area (Å²) in [5.41, 5.74) is 4.35. The average molecular weight is 299 g/mol. The molecule has 0 heterocycles. The van der Waals surface area contributed by atoms with Crippen molar-refractivity contribution in [1.82, 2.24) is 0 Å². The number of thioether (sulfide) groups is 1. The van der Waals surface area contributed by atoms with E-state index in [1.54, 1.807) is 11.8 Å². The number of nitrogens with one attached hydrogen (secondary N) is 1. The number of amides is 1. The van der Waals surface area contributed by atoms with E-state index in [-0.39, 0.29) is 11.2 Å². The van der Waals surface area contributed by atoms with E-state index in [1.807, 2.05) is 39.0 Å². The van der Waals surface area contributed by atoms with Crippen LogP contribution >= 0.6 is 11.8 Å². The summed E-state index contributed by atoms with van der Waals surface area (Å²) in [4.78, 5) is 13.5. The van der Waals surface area contributed by atoms with Crippen molar-refractivity contribution in [3.8, 4) is 0 Å². The predicted octanol–water partition coefficient (Wildman–Crippen LogP) is 4.73. The predicted molar refractivity (Wildman–Crippen MR) is 91.0 cm³/mol. The highest BCUT2D eigenvalue weighted by Crippen LogP contribution is 2.26. The molecule has 2 aromatic carbocycles. The molecule has 0 aliphatic heterocycles. The maximum absolute atomic E-state index is 12.4. The minimum atomic E-state index is -0.133. The van der Waals surface area contributed by atoms with Gasteiger partial charge >= 0.3 is 0 Å². The van der Waals surface area contributed by atoms with Gasteiger partial charge in [-0.3, -0.25) is 4.79 Å². The van der Waals surface area contributed by atoms with Crippen LogP contribution in [0.2, 0.25) is 0 Å². The van der Waals surface area contributed by atoms with Crippen LogP contribution in [0, 0.1) is 20.8 Å². The minimum Gasteiger partial charge on any atom is -0.325 e. The van der Waals surface area contributed by atoms with Crippen LogP contribution in [0.1, 0.15) is 23.6 Å². The van der Waals surface area contributed by atoms with Crippen molar-refractivity contribution < 1.29 is 4.79 Å². The third kappa shape index (κ3) is 4.11. The van der Waals surface area contributed by atoms with Gasteiger partial charge in [0.1, 0.15) is 0 Å². The van der Waals surface area contributed by atoms with Gasteiger partial charge in [-0.05, 0) is 51.0 Å². The Labute approximate surface area is 131 Å². The molecule has 2 rings (SSSR count). The Morgan fingerprint density at radius 3 is 2.14 bits per heavy atom. The standard InChI is InChI=1S/C18H21NOS/c1-12-8-10-16(11-9-12)21-15(4)18(20)19-17-13(2)6-5-7-14(17)3/h5-11,15H,1-4H3,(H,19,20)/t15-/m1/s1. The number of carbonyl (C=O) groups excluding carboxylic acids is 1. The molecular weight excluding hydrogens is 278 g/mol. The SMILES string of the molecule is Cc1ccc(S[C@H](C)C(=O)Nc2c(C)cccc2C)cc1. The maximum Gasteiger partial charge on any atom is 0.237 e. The van der Waals surface area contributed by atoms with Crippen LogP contribution in [0.3, 0.4) is 0 Å². The molecule has 2 aromatic rings. The Morgan fingerprint density at radius 1 is 1.00 bits per heavy atom. The molecule has 0 bridgehead atoms. The summed E-state index contributed by atoms with van der Waals surface area (Å²) in [5.74, 6) is 0.0398. The minimum absolute atomic E-state index is 0.0398. The molecule has 0 aliphatic rings. The first-order valence-corrected chi connectivity index (χ1v) is 7.96. The molecule has 110 valence electrons. The third-order valence-corrected chi connectivity index (χ3v) is 4.54. The molecule has 0 aliphatic carbocycles. The zero-order valence-electron chi connectivity index (χ0n) is 12.9. The van der Waals surface area contributed by atoms with Gasteiger partial charge < -0.3 is 5.32 Å². The van der Waals surface area contributed by atoms with E-state index >= 15 is 0 Å². The van der Waals surface area contributed by atoms with Gasteiger partial charge in [0.15, 0.2) is 0 Å². The second-order valence-corrected chi connectivity index (χ2v) is 6.74. The van der Waals surface area contributed by atoms with Crippen LogP contribution in [0.4, 0.5) is 5.69 Å². The van der Waals surface area contributed by atoms with Crippen LogP contribution in [0.15, 0.2) is 47.4 Å². The van der Waals surface area contributed by atoms with E-state index in [4.69, 9.17) is 0 Å². The highest BCUT2D eigenvalue weighted by molar-refractivity contribution is 8.00. The lowest BCUT2D eigenvalue weighted by atomic mass is 10.1. The van der Waals surface area contributed by atoms with Crippen molar-refractivity contribution in [3.05, 3.63) is 59.2 Å². The fourth-order valence-corrected chi connectivity index (χ4v) is 2.98. The van der Waals surface area contributed by atoms with Crippen molar-refractivity contribution in [1.29, 1.82) is 0 Å². The highest BCUT2D eigenvalue weighted by Gasteiger charge is 2.16. The molecule has 1 atom stereocenters. The number of anilines is 1. The third-order valence-electron chi connectivity index (χ3n) is 3.43. The number of benzene rings is 2. The van der Waals surface area contributed by atoms with Gasteiger partial charge in [0, 0.05) is 10.6 Å². The smallest absolute Gasteiger partial charge is 0.237 e. The summed E-state index contributed by atoms with van der Waals surface area (Å²) in [6.07, 6.45) is 0. The average Bonchev–Trinajstić information content (AvgIpc) is 2.45. The summed E-state index contributed by atoms with van der Waals surface area (Å²) < 4.78 is 0. The summed E-state index contributed by atoms with van der Waals surface area (Å²) >= 11 is 1.58. The molecule has 1 N–H and O–H groups in total. The number of hydrogen-bond donors (Lipinski definition) is 1. The number of hydrogen-bond acceptors (Lipinski definition) is 2. The van der Waals surface area contributed by atoms with Gasteiger partial charge in [-0.15, -0.1) is 11.8 Å². The van der Waals surface area contributed by atoms with E-state index in [9.17, 15) is 4.79 Å². The van der Waals surface area contributed by atoms with Crippen molar-refractivity contribution in [2.75, 3.05) is 5.32 Å². The van der Waals surface area contributed by atoms with Crippen LogP contribution < -0.4 is 5.32 Å². The van der Waals surface area contributed by atoms with E-state index in [2.05, 4.69) is 36.5 Å². The van der Waals surface area contributed by atoms with Crippen molar-refractivity contribution in [3.63, 3.8) is 0 Å². The number of para-hydroxylation sites is 1. The lowest BCUT2D eigenvalue weighted by Crippen LogP contribution is -2.23. The van der Waals surface area contributed by atoms with E-state index in [1.165, 1.54) is 5.56 Å². The van der Waals surface area contributed by atoms with E-state index in [0.717, 1.165) is 21.7 Å². The first-order chi connectivity index (χ1) is 9.97. The zero-order valence-corrected chi connectivity index (χ0v) is 13.8. The van der Waals surface area contributed by atoms with Gasteiger partial charge in [0.25, 0.3) is 0 Å². The number of carbonyl (C=O) groups is 1. The topological polar surface area (TPSA) is 29.1 Å². The molecule has 0 saturated carbocycles. The first kappa shape index (κ1) is 15.6. The molecule has 1 amide bonds. The normalized spacial score (nSPS) is 12.0. The summed E-state index contributed by atoms with van der Waals surface area (Å²) in [6, 6.07) is 14.3. The van der Waals surface area contributed by atoms with Crippen LogP contribution in [0.5, 0.6) is 0 Å². The second kappa shape index (κ2) is 6.81. The maximum atomic E-state index is 12.4. The van der Waals surface area contributed by atoms with Gasteiger partial charge in [-0.2, -0.15) is 0 Å². The lowest BCUT2D eigenvalue weighted by Gasteiger charge is -2.15. The van der Waals surface area contributed by atoms with Gasteiger partial charge in [-0.1, -0.05) is 35.9 Å². The quantitative estimate of drug-likeness (QED) is 0.827. The van der Waals surface area contributed by atoms with Crippen LogP contribution in [-0.2, 0) is 4.79 Å². The number of rotatable bonds is 4. The Bertz CT molecular complexity index is 614. The molecule has 0 aromatic heterocycles. The lowest BCUT2D eigenvalue weighted by molar-refractivity contribution is -0.115. The molecule has 0 unspecified atom stereocenters. The first-order valence-electron chi connectivity index (χ1n) is 7.08. The molecule has 0 fully saturated rings. The van der Waals surface area contributed by atoms with Crippen molar-refractivity contribution in [2.45, 2.75) is 37.8 Å². The van der Waals surface area contributed by atoms with Gasteiger partial charge in [0.2, 0.25) is 5.91 Å². The second-order valence-electron chi connectivity index (χ2n) is 5.33. The largest absolute Gasteiger partial charge is 0.325 e. The van der Waals surface area contributed by atoms with Crippen LogP contribution in [-0.4, -0.2) is 11.2 Å². The van der Waals surface area contributed by atoms with Gasteiger partial charge in [0.05, 0.1) is 5.25 Å². The fourth-order valence-electron chi connectivity index (χ4n) is 2.11. The monoisotopic (exact) mass is 299 g/mol. The van der Waals surface area contributed by atoms with Gasteiger partial charge in [-0.25, -0.2) is 0 Å². The van der Waals surface area contributed by atoms with Crippen LogP contribution in [0.25, 0.3) is 0 Å². The Morgan fingerprint density at radius 2 is 1.57 bits per heavy atom.